The molecule has 2 atom stereocenters. The van der Waals surface area contributed by atoms with Gasteiger partial charge in [-0.05, 0) is 31.1 Å². The van der Waals surface area contributed by atoms with Crippen LogP contribution in [-0.4, -0.2) is 19.6 Å². The van der Waals surface area contributed by atoms with Gasteiger partial charge in [-0.3, -0.25) is 4.99 Å². The van der Waals surface area contributed by atoms with E-state index in [0.29, 0.717) is 6.04 Å². The minimum absolute atomic E-state index is 0.447. The molecule has 1 aliphatic carbocycles. The number of hydrogen-bond donors (Lipinski definition) is 0. The monoisotopic (exact) mass is 185 g/mol. The van der Waals surface area contributed by atoms with Crippen LogP contribution >= 0.6 is 0 Å². The van der Waals surface area contributed by atoms with Gasteiger partial charge in [0, 0.05) is 0 Å². The van der Waals surface area contributed by atoms with Crippen LogP contribution in [-0.2, 0) is 9.78 Å². The summed E-state index contributed by atoms with van der Waals surface area (Å²) in [6.45, 7) is 4.56. The van der Waals surface area contributed by atoms with Crippen LogP contribution in [0.3, 0.4) is 0 Å². The highest BCUT2D eigenvalue weighted by Crippen LogP contribution is 2.32. The molecule has 0 heterocycles. The molecule has 1 saturated carbocycles. The van der Waals surface area contributed by atoms with Crippen molar-refractivity contribution in [2.45, 2.75) is 39.2 Å². The molecule has 76 valence electrons. The van der Waals surface area contributed by atoms with Crippen molar-refractivity contribution in [3.05, 3.63) is 0 Å². The topological polar surface area (TPSA) is 30.8 Å². The van der Waals surface area contributed by atoms with Gasteiger partial charge in [-0.1, -0.05) is 13.8 Å². The smallest absolute Gasteiger partial charge is 0.215 e. The van der Waals surface area contributed by atoms with Crippen LogP contribution in [0, 0.1) is 11.8 Å². The Balaban J connectivity index is 2.24. The summed E-state index contributed by atoms with van der Waals surface area (Å²) in [6, 6.07) is 0.447. The van der Waals surface area contributed by atoms with E-state index in [9.17, 15) is 0 Å². The van der Waals surface area contributed by atoms with E-state index in [-0.39, 0.29) is 0 Å². The van der Waals surface area contributed by atoms with Crippen LogP contribution in [0.4, 0.5) is 0 Å². The predicted molar refractivity (Wildman–Crippen MR) is 52.6 cm³/mol. The van der Waals surface area contributed by atoms with Gasteiger partial charge in [-0.2, -0.15) is 4.89 Å². The minimum atomic E-state index is 0.447. The van der Waals surface area contributed by atoms with Gasteiger partial charge in [-0.15, -0.1) is 0 Å². The van der Waals surface area contributed by atoms with E-state index in [4.69, 9.17) is 0 Å². The summed E-state index contributed by atoms with van der Waals surface area (Å²) in [5.41, 5.74) is 0. The lowest BCUT2D eigenvalue weighted by Gasteiger charge is -2.12. The second-order valence-corrected chi connectivity index (χ2v) is 3.99. The molecule has 0 N–H and O–H groups in total. The van der Waals surface area contributed by atoms with Crippen molar-refractivity contribution in [2.75, 3.05) is 7.11 Å². The predicted octanol–water partition coefficient (Wildman–Crippen LogP) is 2.42. The van der Waals surface area contributed by atoms with E-state index in [1.165, 1.54) is 32.8 Å². The maximum Gasteiger partial charge on any atom is 0.215 e. The van der Waals surface area contributed by atoms with Crippen LogP contribution in [0.1, 0.15) is 33.1 Å². The summed E-state index contributed by atoms with van der Waals surface area (Å²) in [4.78, 5) is 13.3. The zero-order valence-corrected chi connectivity index (χ0v) is 8.69. The number of aliphatic imine (C=N–C) groups is 1. The maximum atomic E-state index is 4.60. The van der Waals surface area contributed by atoms with E-state index in [1.54, 1.807) is 0 Å². The first-order valence-corrected chi connectivity index (χ1v) is 4.95. The molecule has 1 fully saturated rings. The van der Waals surface area contributed by atoms with Crippen molar-refractivity contribution >= 4 is 6.40 Å². The summed E-state index contributed by atoms with van der Waals surface area (Å²) in [5.74, 6) is 1.62. The third-order valence-electron chi connectivity index (χ3n) is 2.80. The summed E-state index contributed by atoms with van der Waals surface area (Å²) < 4.78 is 0. The zero-order chi connectivity index (χ0) is 9.68. The Morgan fingerprint density at radius 3 is 2.69 bits per heavy atom. The molecule has 0 aromatic rings. The normalized spacial score (nSPS) is 28.9. The van der Waals surface area contributed by atoms with Gasteiger partial charge in [0.05, 0.1) is 13.2 Å². The lowest BCUT2D eigenvalue weighted by molar-refractivity contribution is -0.188. The molecule has 0 bridgehead atoms. The Hall–Kier alpha value is -0.570. The molecule has 1 rings (SSSR count). The zero-order valence-electron chi connectivity index (χ0n) is 8.69. The van der Waals surface area contributed by atoms with Gasteiger partial charge in [0.15, 0.2) is 0 Å². The molecule has 0 spiro atoms. The molecule has 0 aromatic heterocycles. The Labute approximate surface area is 80.1 Å². The van der Waals surface area contributed by atoms with Crippen molar-refractivity contribution in [3.8, 4) is 0 Å². The van der Waals surface area contributed by atoms with Crippen molar-refractivity contribution < 1.29 is 9.78 Å². The van der Waals surface area contributed by atoms with Crippen LogP contribution in [0.5, 0.6) is 0 Å². The second-order valence-electron chi connectivity index (χ2n) is 3.99. The average Bonchev–Trinajstić information content (AvgIpc) is 2.53. The van der Waals surface area contributed by atoms with Gasteiger partial charge < -0.3 is 4.89 Å². The van der Waals surface area contributed by atoms with Crippen LogP contribution < -0.4 is 0 Å². The second kappa shape index (κ2) is 5.22. The molecule has 0 aromatic carbocycles. The van der Waals surface area contributed by atoms with Crippen molar-refractivity contribution in [3.63, 3.8) is 0 Å². The van der Waals surface area contributed by atoms with Gasteiger partial charge in [0.2, 0.25) is 6.40 Å². The third kappa shape index (κ3) is 3.35. The Bertz CT molecular complexity index is 168. The number of nitrogens with zero attached hydrogens (tertiary/aromatic N) is 1. The first-order valence-electron chi connectivity index (χ1n) is 4.95. The quantitative estimate of drug-likeness (QED) is 0.291. The average molecular weight is 185 g/mol. The fourth-order valence-corrected chi connectivity index (χ4v) is 1.89. The Kier molecular flexibility index (Phi) is 4.22. The molecule has 0 saturated heterocycles. The fourth-order valence-electron chi connectivity index (χ4n) is 1.89. The molecule has 0 aliphatic heterocycles. The van der Waals surface area contributed by atoms with E-state index >= 15 is 0 Å². The molecule has 1 aliphatic rings. The van der Waals surface area contributed by atoms with E-state index in [2.05, 4.69) is 28.6 Å². The Morgan fingerprint density at radius 1 is 1.38 bits per heavy atom. The van der Waals surface area contributed by atoms with Gasteiger partial charge >= 0.3 is 0 Å². The summed E-state index contributed by atoms with van der Waals surface area (Å²) in [5, 5.41) is 0. The highest BCUT2D eigenvalue weighted by atomic mass is 17.2. The van der Waals surface area contributed by atoms with E-state index in [0.717, 1.165) is 11.8 Å². The first-order chi connectivity index (χ1) is 6.24. The third-order valence-corrected chi connectivity index (χ3v) is 2.80. The SMILES string of the molecule is COOC=N[C@@H]1CCC(C(C)C)C1. The van der Waals surface area contributed by atoms with Crippen LogP contribution in [0.15, 0.2) is 4.99 Å². The fraction of sp³-hybridized carbons (Fsp3) is 0.900. The van der Waals surface area contributed by atoms with Gasteiger partial charge in [0.1, 0.15) is 0 Å². The van der Waals surface area contributed by atoms with Gasteiger partial charge in [-0.25, -0.2) is 0 Å². The highest BCUT2D eigenvalue weighted by molar-refractivity contribution is 5.45. The molecule has 0 amide bonds. The van der Waals surface area contributed by atoms with Gasteiger partial charge in [0.25, 0.3) is 0 Å². The van der Waals surface area contributed by atoms with Crippen molar-refractivity contribution in [1.29, 1.82) is 0 Å². The summed E-state index contributed by atoms with van der Waals surface area (Å²) >= 11 is 0. The maximum absolute atomic E-state index is 4.60. The highest BCUT2D eigenvalue weighted by Gasteiger charge is 2.25. The molecule has 1 unspecified atom stereocenters. The van der Waals surface area contributed by atoms with Crippen LogP contribution in [0.25, 0.3) is 0 Å². The molecule has 3 heteroatoms. The molecular formula is C10H19NO2. The largest absolute Gasteiger partial charge is 0.326 e. The standard InChI is InChI=1S/C10H19NO2/c1-8(2)9-4-5-10(6-9)11-7-13-12-3/h7-10H,4-6H2,1-3H3/t9?,10-/m1/s1. The molecular weight excluding hydrogens is 166 g/mol. The molecule has 13 heavy (non-hydrogen) atoms. The van der Waals surface area contributed by atoms with E-state index < -0.39 is 0 Å². The summed E-state index contributed by atoms with van der Waals surface area (Å²) in [7, 11) is 1.48. The first kappa shape index (κ1) is 10.5. The van der Waals surface area contributed by atoms with Crippen LogP contribution in [0.2, 0.25) is 0 Å². The Morgan fingerprint density at radius 2 is 2.15 bits per heavy atom. The lowest BCUT2D eigenvalue weighted by Crippen LogP contribution is -2.05. The number of rotatable bonds is 4. The van der Waals surface area contributed by atoms with Crippen molar-refractivity contribution in [2.24, 2.45) is 16.8 Å². The number of hydrogen-bond acceptors (Lipinski definition) is 3. The summed E-state index contributed by atoms with van der Waals surface area (Å²) in [6.07, 6.45) is 5.09. The van der Waals surface area contributed by atoms with E-state index in [1.807, 2.05) is 0 Å². The molecule has 0 radical (unpaired) electrons. The minimum Gasteiger partial charge on any atom is -0.326 e. The lowest BCUT2D eigenvalue weighted by atomic mass is 9.94. The van der Waals surface area contributed by atoms with Crippen molar-refractivity contribution in [1.82, 2.24) is 0 Å². The molecule has 3 nitrogen and oxygen atoms in total.